The standard InChI is InChI=1S/C14H13ClN2O4S/c1-22(20,21)13-4-2-3-11(7-13)16-9-10-5-6-12(17(18)19)8-14(10)15/h2-8,16H,9H2,1H3. The maximum Gasteiger partial charge on any atom is 0.270 e. The highest BCUT2D eigenvalue weighted by molar-refractivity contribution is 7.90. The Morgan fingerprint density at radius 2 is 1.95 bits per heavy atom. The Hall–Kier alpha value is -2.12. The molecular formula is C14H13ClN2O4S. The van der Waals surface area contributed by atoms with Crippen LogP contribution in [0.3, 0.4) is 0 Å². The molecule has 6 nitrogen and oxygen atoms in total. The zero-order valence-corrected chi connectivity index (χ0v) is 13.2. The lowest BCUT2D eigenvalue weighted by molar-refractivity contribution is -0.384. The van der Waals surface area contributed by atoms with Crippen LogP contribution in [-0.4, -0.2) is 19.6 Å². The van der Waals surface area contributed by atoms with E-state index < -0.39 is 14.8 Å². The van der Waals surface area contributed by atoms with Gasteiger partial charge in [0.15, 0.2) is 9.84 Å². The first-order valence-corrected chi connectivity index (χ1v) is 8.51. The van der Waals surface area contributed by atoms with Crippen LogP contribution < -0.4 is 5.32 Å². The van der Waals surface area contributed by atoms with E-state index in [1.165, 1.54) is 24.3 Å². The number of non-ortho nitro benzene ring substituents is 1. The molecule has 0 amide bonds. The first-order chi connectivity index (χ1) is 10.3. The fraction of sp³-hybridized carbons (Fsp3) is 0.143. The molecule has 22 heavy (non-hydrogen) atoms. The Labute approximate surface area is 132 Å². The summed E-state index contributed by atoms with van der Waals surface area (Å²) in [4.78, 5) is 10.3. The fourth-order valence-electron chi connectivity index (χ4n) is 1.83. The molecule has 0 aliphatic rings. The van der Waals surface area contributed by atoms with Crippen LogP contribution >= 0.6 is 11.6 Å². The minimum atomic E-state index is -3.27. The van der Waals surface area contributed by atoms with Gasteiger partial charge in [-0.25, -0.2) is 8.42 Å². The molecule has 2 rings (SSSR count). The van der Waals surface area contributed by atoms with E-state index in [0.717, 1.165) is 6.26 Å². The predicted octanol–water partition coefficient (Wildman–Crippen LogP) is 3.26. The highest BCUT2D eigenvalue weighted by Gasteiger charge is 2.10. The Morgan fingerprint density at radius 3 is 2.55 bits per heavy atom. The normalized spacial score (nSPS) is 11.2. The Morgan fingerprint density at radius 1 is 1.23 bits per heavy atom. The van der Waals surface area contributed by atoms with E-state index in [4.69, 9.17) is 11.6 Å². The van der Waals surface area contributed by atoms with E-state index in [-0.39, 0.29) is 15.6 Å². The summed E-state index contributed by atoms with van der Waals surface area (Å²) in [6.45, 7) is 0.323. The minimum absolute atomic E-state index is 0.0761. The summed E-state index contributed by atoms with van der Waals surface area (Å²) in [6, 6.07) is 10.6. The number of hydrogen-bond donors (Lipinski definition) is 1. The first-order valence-electron chi connectivity index (χ1n) is 6.24. The van der Waals surface area contributed by atoms with E-state index in [9.17, 15) is 18.5 Å². The van der Waals surface area contributed by atoms with Crippen molar-refractivity contribution in [3.63, 3.8) is 0 Å². The van der Waals surface area contributed by atoms with Crippen LogP contribution in [0.15, 0.2) is 47.4 Å². The van der Waals surface area contributed by atoms with Crippen molar-refractivity contribution in [1.82, 2.24) is 0 Å². The molecule has 2 aromatic rings. The van der Waals surface area contributed by atoms with E-state index >= 15 is 0 Å². The molecule has 0 saturated carbocycles. The molecule has 8 heteroatoms. The van der Waals surface area contributed by atoms with Crippen molar-refractivity contribution >= 4 is 32.8 Å². The van der Waals surface area contributed by atoms with Gasteiger partial charge in [-0.1, -0.05) is 17.7 Å². The quantitative estimate of drug-likeness (QED) is 0.666. The SMILES string of the molecule is CS(=O)(=O)c1cccc(NCc2ccc([N+](=O)[O-])cc2Cl)c1. The molecule has 0 aromatic heterocycles. The second-order valence-corrected chi connectivity index (χ2v) is 7.11. The Bertz CT molecular complexity index is 821. The summed E-state index contributed by atoms with van der Waals surface area (Å²) >= 11 is 6.00. The maximum absolute atomic E-state index is 11.5. The van der Waals surface area contributed by atoms with Crippen molar-refractivity contribution < 1.29 is 13.3 Å². The number of nitro benzene ring substituents is 1. The lowest BCUT2D eigenvalue weighted by Crippen LogP contribution is -2.02. The van der Waals surface area contributed by atoms with Crippen molar-refractivity contribution in [3.8, 4) is 0 Å². The molecule has 0 atom stereocenters. The molecule has 0 spiro atoms. The molecule has 0 saturated heterocycles. The number of benzene rings is 2. The van der Waals surface area contributed by atoms with E-state index in [2.05, 4.69) is 5.32 Å². The Balaban J connectivity index is 2.15. The lowest BCUT2D eigenvalue weighted by Gasteiger charge is -2.09. The number of nitrogens with zero attached hydrogens (tertiary/aromatic N) is 1. The first kappa shape index (κ1) is 16.3. The van der Waals surface area contributed by atoms with Crippen LogP contribution in [0.1, 0.15) is 5.56 Å². The summed E-state index contributed by atoms with van der Waals surface area (Å²) in [7, 11) is -3.27. The zero-order valence-electron chi connectivity index (χ0n) is 11.6. The van der Waals surface area contributed by atoms with Crippen LogP contribution in [0.25, 0.3) is 0 Å². The van der Waals surface area contributed by atoms with Gasteiger partial charge in [0, 0.05) is 30.6 Å². The fourth-order valence-corrected chi connectivity index (χ4v) is 2.74. The average Bonchev–Trinajstić information content (AvgIpc) is 2.45. The third-order valence-electron chi connectivity index (χ3n) is 2.99. The maximum atomic E-state index is 11.5. The predicted molar refractivity (Wildman–Crippen MR) is 85.0 cm³/mol. The average molecular weight is 341 g/mol. The largest absolute Gasteiger partial charge is 0.381 e. The number of anilines is 1. The summed E-state index contributed by atoms with van der Waals surface area (Å²) in [5.74, 6) is 0. The van der Waals surface area contributed by atoms with Gasteiger partial charge in [0.2, 0.25) is 0 Å². The molecule has 1 N–H and O–H groups in total. The summed E-state index contributed by atoms with van der Waals surface area (Å²) in [6.07, 6.45) is 1.14. The van der Waals surface area contributed by atoms with Crippen molar-refractivity contribution in [2.45, 2.75) is 11.4 Å². The molecule has 0 bridgehead atoms. The van der Waals surface area contributed by atoms with Crippen LogP contribution in [-0.2, 0) is 16.4 Å². The smallest absolute Gasteiger partial charge is 0.270 e. The highest BCUT2D eigenvalue weighted by Crippen LogP contribution is 2.24. The summed E-state index contributed by atoms with van der Waals surface area (Å²) in [5.41, 5.74) is 1.22. The second-order valence-electron chi connectivity index (χ2n) is 4.69. The number of hydrogen-bond acceptors (Lipinski definition) is 5. The minimum Gasteiger partial charge on any atom is -0.381 e. The number of rotatable bonds is 5. The van der Waals surface area contributed by atoms with Gasteiger partial charge in [0.1, 0.15) is 0 Å². The molecule has 0 fully saturated rings. The van der Waals surface area contributed by atoms with E-state index in [0.29, 0.717) is 17.8 Å². The van der Waals surface area contributed by atoms with Gasteiger partial charge in [-0.05, 0) is 29.8 Å². The number of nitrogens with one attached hydrogen (secondary N) is 1. The van der Waals surface area contributed by atoms with Gasteiger partial charge < -0.3 is 5.32 Å². The molecule has 116 valence electrons. The molecule has 0 aliphatic heterocycles. The molecule has 0 aliphatic carbocycles. The number of sulfone groups is 1. The lowest BCUT2D eigenvalue weighted by atomic mass is 10.2. The van der Waals surface area contributed by atoms with Crippen molar-refractivity contribution in [2.24, 2.45) is 0 Å². The Kier molecular flexibility index (Phi) is 4.68. The second kappa shape index (κ2) is 6.33. The van der Waals surface area contributed by atoms with Crippen LogP contribution in [0.5, 0.6) is 0 Å². The molecule has 0 heterocycles. The monoisotopic (exact) mass is 340 g/mol. The number of halogens is 1. The van der Waals surface area contributed by atoms with Crippen LogP contribution in [0.2, 0.25) is 5.02 Å². The van der Waals surface area contributed by atoms with Gasteiger partial charge in [0.25, 0.3) is 5.69 Å². The van der Waals surface area contributed by atoms with Crippen molar-refractivity contribution in [2.75, 3.05) is 11.6 Å². The van der Waals surface area contributed by atoms with Crippen molar-refractivity contribution in [1.29, 1.82) is 0 Å². The third kappa shape index (κ3) is 3.96. The molecule has 0 unspecified atom stereocenters. The molecular weight excluding hydrogens is 328 g/mol. The van der Waals surface area contributed by atoms with Crippen LogP contribution in [0.4, 0.5) is 11.4 Å². The van der Waals surface area contributed by atoms with Crippen molar-refractivity contribution in [3.05, 3.63) is 63.2 Å². The molecule has 0 radical (unpaired) electrons. The van der Waals surface area contributed by atoms with E-state index in [1.54, 1.807) is 18.2 Å². The summed E-state index contributed by atoms with van der Waals surface area (Å²) < 4.78 is 23.0. The molecule has 2 aromatic carbocycles. The third-order valence-corrected chi connectivity index (χ3v) is 4.45. The topological polar surface area (TPSA) is 89.3 Å². The van der Waals surface area contributed by atoms with Gasteiger partial charge in [-0.3, -0.25) is 10.1 Å². The summed E-state index contributed by atoms with van der Waals surface area (Å²) in [5, 5.41) is 14.0. The van der Waals surface area contributed by atoms with Gasteiger partial charge in [-0.2, -0.15) is 0 Å². The number of nitro groups is 1. The zero-order chi connectivity index (χ0) is 16.3. The van der Waals surface area contributed by atoms with Crippen LogP contribution in [0, 0.1) is 10.1 Å². The van der Waals surface area contributed by atoms with Gasteiger partial charge in [0.05, 0.1) is 14.8 Å². The van der Waals surface area contributed by atoms with E-state index in [1.807, 2.05) is 0 Å². The van der Waals surface area contributed by atoms with Gasteiger partial charge in [-0.15, -0.1) is 0 Å². The highest BCUT2D eigenvalue weighted by atomic mass is 35.5. The van der Waals surface area contributed by atoms with Gasteiger partial charge >= 0.3 is 0 Å².